The maximum absolute atomic E-state index is 15.3. The number of hydrogen-bond donors (Lipinski definition) is 0. The number of rotatable bonds is 13. The highest BCUT2D eigenvalue weighted by Gasteiger charge is 2.28. The molecule has 0 N–H and O–H groups in total. The van der Waals surface area contributed by atoms with Gasteiger partial charge in [0.1, 0.15) is 5.82 Å². The van der Waals surface area contributed by atoms with E-state index in [0.717, 1.165) is 54.1 Å². The Bertz CT molecular complexity index is 1000. The third kappa shape index (κ3) is 8.31. The summed E-state index contributed by atoms with van der Waals surface area (Å²) in [5.41, 5.74) is 5.92. The van der Waals surface area contributed by atoms with Crippen molar-refractivity contribution in [2.24, 2.45) is 17.8 Å². The number of hydrogen-bond acceptors (Lipinski definition) is 0. The molecular formula is C38H55F. The van der Waals surface area contributed by atoms with Crippen molar-refractivity contribution in [3.63, 3.8) is 0 Å². The molecule has 0 aliphatic heterocycles. The highest BCUT2D eigenvalue weighted by molar-refractivity contribution is 5.64. The van der Waals surface area contributed by atoms with Gasteiger partial charge in [-0.15, -0.1) is 0 Å². The quantitative estimate of drug-likeness (QED) is 0.226. The lowest BCUT2D eigenvalue weighted by atomic mass is 9.71. The Morgan fingerprint density at radius 1 is 0.821 bits per heavy atom. The number of unbranched alkanes of at least 4 members (excludes halogenated alkanes) is 2. The summed E-state index contributed by atoms with van der Waals surface area (Å²) in [5, 5.41) is 0. The Balaban J connectivity index is 1.24. The van der Waals surface area contributed by atoms with Gasteiger partial charge in [-0.1, -0.05) is 95.9 Å². The van der Waals surface area contributed by atoms with E-state index in [4.69, 9.17) is 0 Å². The highest BCUT2D eigenvalue weighted by Crippen LogP contribution is 2.42. The largest absolute Gasteiger partial charge is 0.206 e. The van der Waals surface area contributed by atoms with Crippen LogP contribution in [0.25, 0.3) is 5.57 Å². The molecule has 2 aliphatic carbocycles. The van der Waals surface area contributed by atoms with E-state index in [1.807, 2.05) is 12.1 Å². The van der Waals surface area contributed by atoms with Crippen LogP contribution < -0.4 is 0 Å². The van der Waals surface area contributed by atoms with Crippen LogP contribution in [0.2, 0.25) is 0 Å². The summed E-state index contributed by atoms with van der Waals surface area (Å²) < 4.78 is 15.3. The molecule has 214 valence electrons. The van der Waals surface area contributed by atoms with Crippen LogP contribution >= 0.6 is 0 Å². The molecule has 0 radical (unpaired) electrons. The third-order valence-electron chi connectivity index (χ3n) is 10.5. The van der Waals surface area contributed by atoms with Crippen molar-refractivity contribution >= 4 is 5.57 Å². The van der Waals surface area contributed by atoms with Crippen LogP contribution in [-0.2, 0) is 6.42 Å². The van der Waals surface area contributed by atoms with Gasteiger partial charge in [0.15, 0.2) is 0 Å². The Kier molecular flexibility index (Phi) is 11.7. The minimum atomic E-state index is -0.0507. The fraction of sp³-hybridized carbons (Fsp3) is 0.632. The first kappa shape index (κ1) is 30.1. The van der Waals surface area contributed by atoms with Crippen LogP contribution in [-0.4, -0.2) is 0 Å². The summed E-state index contributed by atoms with van der Waals surface area (Å²) in [6.07, 6.45) is 20.2. The molecule has 0 spiro atoms. The molecule has 2 aliphatic rings. The lowest BCUT2D eigenvalue weighted by Gasteiger charge is -2.34. The van der Waals surface area contributed by atoms with Crippen molar-refractivity contribution < 1.29 is 4.39 Å². The molecule has 2 aromatic rings. The van der Waals surface area contributed by atoms with E-state index in [-0.39, 0.29) is 5.82 Å². The standard InChI is InChI=1S/C38H55F/c1-5-8-9-10-30-14-19-35(20-15-30)36-25-26-37(38(39)27-36)28(4)11-16-31(7-3)32-21-23-34(24-22-32)33-17-12-29(6-2)13-18-33/h12-13,17-18,25-27,30-32,34-35H,4-11,14-16,19-24H2,1-3H3. The number of halogens is 1. The molecule has 0 nitrogen and oxygen atoms in total. The molecule has 1 heteroatoms. The average Bonchev–Trinajstić information content (AvgIpc) is 2.98. The predicted molar refractivity (Wildman–Crippen MR) is 168 cm³/mol. The van der Waals surface area contributed by atoms with Gasteiger partial charge in [-0.3, -0.25) is 0 Å². The molecule has 0 saturated heterocycles. The first-order valence-electron chi connectivity index (χ1n) is 16.6. The molecule has 2 saturated carbocycles. The van der Waals surface area contributed by atoms with Crippen LogP contribution in [0, 0.1) is 23.6 Å². The van der Waals surface area contributed by atoms with E-state index in [0.29, 0.717) is 5.92 Å². The summed E-state index contributed by atoms with van der Waals surface area (Å²) in [6, 6.07) is 15.4. The van der Waals surface area contributed by atoms with E-state index in [2.05, 4.69) is 57.7 Å². The van der Waals surface area contributed by atoms with E-state index >= 15 is 4.39 Å². The second kappa shape index (κ2) is 15.2. The fourth-order valence-electron chi connectivity index (χ4n) is 7.76. The molecule has 1 unspecified atom stereocenters. The second-order valence-corrected chi connectivity index (χ2v) is 13.0. The van der Waals surface area contributed by atoms with Gasteiger partial charge in [-0.05, 0) is 129 Å². The Hall–Kier alpha value is -1.89. The van der Waals surface area contributed by atoms with Gasteiger partial charge in [0.2, 0.25) is 0 Å². The van der Waals surface area contributed by atoms with Crippen LogP contribution in [0.15, 0.2) is 49.0 Å². The lowest BCUT2D eigenvalue weighted by Crippen LogP contribution is -2.21. The zero-order chi connectivity index (χ0) is 27.6. The minimum Gasteiger partial charge on any atom is -0.206 e. The highest BCUT2D eigenvalue weighted by atomic mass is 19.1. The molecule has 0 bridgehead atoms. The van der Waals surface area contributed by atoms with Gasteiger partial charge in [-0.2, -0.15) is 0 Å². The topological polar surface area (TPSA) is 0 Å². The molecule has 4 rings (SSSR count). The second-order valence-electron chi connectivity index (χ2n) is 13.0. The van der Waals surface area contributed by atoms with Crippen LogP contribution in [0.1, 0.15) is 151 Å². The molecule has 0 heterocycles. The SMILES string of the molecule is C=C(CCC(CC)C1CCC(c2ccc(CC)cc2)CC1)c1ccc(C2CCC(CCCCC)CC2)cc1F. The average molecular weight is 531 g/mol. The summed E-state index contributed by atoms with van der Waals surface area (Å²) in [6.45, 7) is 11.2. The Morgan fingerprint density at radius 2 is 1.46 bits per heavy atom. The van der Waals surface area contributed by atoms with Crippen molar-refractivity contribution in [1.29, 1.82) is 0 Å². The lowest BCUT2D eigenvalue weighted by molar-refractivity contribution is 0.217. The van der Waals surface area contributed by atoms with Crippen molar-refractivity contribution in [3.05, 3.63) is 77.1 Å². The van der Waals surface area contributed by atoms with E-state index in [1.54, 1.807) is 0 Å². The number of allylic oxidation sites excluding steroid dienone is 1. The summed E-state index contributed by atoms with van der Waals surface area (Å²) in [4.78, 5) is 0. The van der Waals surface area contributed by atoms with Gasteiger partial charge in [0.05, 0.1) is 0 Å². The first-order valence-corrected chi connectivity index (χ1v) is 16.6. The van der Waals surface area contributed by atoms with E-state index in [1.165, 1.54) is 100 Å². The van der Waals surface area contributed by atoms with Gasteiger partial charge in [-0.25, -0.2) is 4.39 Å². The molecule has 0 amide bonds. The van der Waals surface area contributed by atoms with Gasteiger partial charge in [0.25, 0.3) is 0 Å². The minimum absolute atomic E-state index is 0.0507. The molecule has 0 aromatic heterocycles. The molecular weight excluding hydrogens is 475 g/mol. The number of benzene rings is 2. The van der Waals surface area contributed by atoms with E-state index < -0.39 is 0 Å². The zero-order valence-corrected chi connectivity index (χ0v) is 25.3. The fourth-order valence-corrected chi connectivity index (χ4v) is 7.76. The van der Waals surface area contributed by atoms with Gasteiger partial charge < -0.3 is 0 Å². The maximum Gasteiger partial charge on any atom is 0.130 e. The molecule has 39 heavy (non-hydrogen) atoms. The van der Waals surface area contributed by atoms with Crippen LogP contribution in [0.4, 0.5) is 4.39 Å². The van der Waals surface area contributed by atoms with Gasteiger partial charge >= 0.3 is 0 Å². The number of aryl methyl sites for hydroxylation is 1. The smallest absolute Gasteiger partial charge is 0.130 e. The predicted octanol–water partition coefficient (Wildman–Crippen LogP) is 12.0. The maximum atomic E-state index is 15.3. The van der Waals surface area contributed by atoms with Crippen molar-refractivity contribution in [3.8, 4) is 0 Å². The molecule has 2 fully saturated rings. The summed E-state index contributed by atoms with van der Waals surface area (Å²) >= 11 is 0. The zero-order valence-electron chi connectivity index (χ0n) is 25.3. The van der Waals surface area contributed by atoms with Crippen molar-refractivity contribution in [1.82, 2.24) is 0 Å². The van der Waals surface area contributed by atoms with Crippen molar-refractivity contribution in [2.45, 2.75) is 135 Å². The van der Waals surface area contributed by atoms with Gasteiger partial charge in [0, 0.05) is 5.56 Å². The van der Waals surface area contributed by atoms with E-state index in [9.17, 15) is 0 Å². The first-order chi connectivity index (χ1) is 19.0. The van der Waals surface area contributed by atoms with Crippen molar-refractivity contribution in [2.75, 3.05) is 0 Å². The van der Waals surface area contributed by atoms with Crippen LogP contribution in [0.3, 0.4) is 0 Å². The Labute approximate surface area is 239 Å². The van der Waals surface area contributed by atoms with Crippen LogP contribution in [0.5, 0.6) is 0 Å². The summed E-state index contributed by atoms with van der Waals surface area (Å²) in [7, 11) is 0. The monoisotopic (exact) mass is 530 g/mol. The molecule has 2 aromatic carbocycles. The normalized spacial score (nSPS) is 24.4. The molecule has 1 atom stereocenters. The summed E-state index contributed by atoms with van der Waals surface area (Å²) in [5.74, 6) is 3.63. The Morgan fingerprint density at radius 3 is 2.08 bits per heavy atom. The third-order valence-corrected chi connectivity index (χ3v) is 10.5.